The van der Waals surface area contributed by atoms with Crippen molar-refractivity contribution in [3.8, 4) is 0 Å². The van der Waals surface area contributed by atoms with Crippen LogP contribution in [0.25, 0.3) is 10.9 Å². The standard InChI is InChI=1S/C19H23F2N3O3/c1-27-10-15(25)24-6-4-13(5-7-24)19(20,21)18(26)16-14-3-2-11(14)8-12-9-22-23-17(12)16/h8-9,13,18,26H,2-7,10H2,1H3,(H,22,23)/t18-/m1/s1. The maximum atomic E-state index is 15.2. The minimum absolute atomic E-state index is 0.0440. The first-order chi connectivity index (χ1) is 12.9. The molecule has 1 aliphatic carbocycles. The molecule has 1 aromatic carbocycles. The molecule has 0 spiro atoms. The Kier molecular flexibility index (Phi) is 4.63. The molecule has 1 saturated heterocycles. The number of piperidine rings is 1. The topological polar surface area (TPSA) is 78.4 Å². The van der Waals surface area contributed by atoms with Gasteiger partial charge in [0.05, 0.1) is 11.7 Å². The third-order valence-corrected chi connectivity index (χ3v) is 5.92. The molecule has 2 aromatic rings. The Morgan fingerprint density at radius 1 is 1.44 bits per heavy atom. The number of aliphatic hydroxyl groups is 1. The van der Waals surface area contributed by atoms with E-state index in [4.69, 9.17) is 4.74 Å². The number of hydrogen-bond acceptors (Lipinski definition) is 4. The lowest BCUT2D eigenvalue weighted by molar-refractivity contribution is -0.165. The van der Waals surface area contributed by atoms with E-state index in [0.717, 1.165) is 22.9 Å². The van der Waals surface area contributed by atoms with Gasteiger partial charge in [-0.2, -0.15) is 5.10 Å². The number of alkyl halides is 2. The fraction of sp³-hybridized carbons (Fsp3) is 0.579. The molecule has 1 aromatic heterocycles. The zero-order valence-corrected chi connectivity index (χ0v) is 15.2. The summed E-state index contributed by atoms with van der Waals surface area (Å²) in [5.41, 5.74) is 2.60. The molecule has 0 bridgehead atoms. The number of nitrogens with zero attached hydrogens (tertiary/aromatic N) is 2. The molecule has 8 heteroatoms. The van der Waals surface area contributed by atoms with Gasteiger partial charge >= 0.3 is 0 Å². The second-order valence-corrected chi connectivity index (χ2v) is 7.43. The molecule has 1 atom stereocenters. The van der Waals surface area contributed by atoms with Crippen molar-refractivity contribution < 1.29 is 23.4 Å². The molecule has 1 amide bonds. The monoisotopic (exact) mass is 379 g/mol. The summed E-state index contributed by atoms with van der Waals surface area (Å²) in [6.45, 7) is 0.459. The van der Waals surface area contributed by atoms with Crippen molar-refractivity contribution in [3.63, 3.8) is 0 Å². The van der Waals surface area contributed by atoms with Crippen LogP contribution in [0.1, 0.15) is 35.6 Å². The second kappa shape index (κ2) is 6.83. The summed E-state index contributed by atoms with van der Waals surface area (Å²) in [4.78, 5) is 13.4. The van der Waals surface area contributed by atoms with Crippen molar-refractivity contribution in [2.45, 2.75) is 37.7 Å². The summed E-state index contributed by atoms with van der Waals surface area (Å²) in [6, 6.07) is 1.95. The molecule has 1 fully saturated rings. The number of aryl methyl sites for hydroxylation is 1. The molecule has 0 radical (unpaired) electrons. The molecule has 2 aliphatic rings. The SMILES string of the molecule is COCC(=O)N1CCC(C(F)(F)[C@H](O)c2c3c(cc4cn[nH]c24)CC3)CC1. The Balaban J connectivity index is 1.56. The minimum Gasteiger partial charge on any atom is -0.382 e. The number of H-pyrrole nitrogens is 1. The van der Waals surface area contributed by atoms with Crippen molar-refractivity contribution in [2.75, 3.05) is 26.8 Å². The van der Waals surface area contributed by atoms with Gasteiger partial charge in [0.25, 0.3) is 5.92 Å². The third kappa shape index (κ3) is 3.00. The lowest BCUT2D eigenvalue weighted by Crippen LogP contribution is -2.46. The van der Waals surface area contributed by atoms with Gasteiger partial charge in [-0.3, -0.25) is 9.89 Å². The second-order valence-electron chi connectivity index (χ2n) is 7.43. The number of aromatic nitrogens is 2. The Morgan fingerprint density at radius 2 is 2.19 bits per heavy atom. The summed E-state index contributed by atoms with van der Waals surface area (Å²) in [6.07, 6.45) is 1.55. The Bertz CT molecular complexity index is 859. The van der Waals surface area contributed by atoms with Crippen LogP contribution >= 0.6 is 0 Å². The van der Waals surface area contributed by atoms with Crippen LogP contribution in [0.2, 0.25) is 0 Å². The number of carbonyl (C=O) groups is 1. The quantitative estimate of drug-likeness (QED) is 0.835. The zero-order chi connectivity index (χ0) is 19.2. The number of likely N-dealkylation sites (tertiary alicyclic amines) is 1. The van der Waals surface area contributed by atoms with Crippen molar-refractivity contribution in [1.82, 2.24) is 15.1 Å². The average molecular weight is 379 g/mol. The number of rotatable bonds is 5. The highest BCUT2D eigenvalue weighted by molar-refractivity contribution is 5.85. The minimum atomic E-state index is -3.28. The molecular formula is C19H23F2N3O3. The number of fused-ring (bicyclic) bond motifs is 2. The molecule has 1 aliphatic heterocycles. The number of hydrogen-bond donors (Lipinski definition) is 2. The first kappa shape index (κ1) is 18.3. The van der Waals surface area contributed by atoms with Gasteiger partial charge in [0.2, 0.25) is 5.91 Å². The van der Waals surface area contributed by atoms with E-state index in [2.05, 4.69) is 10.2 Å². The van der Waals surface area contributed by atoms with E-state index < -0.39 is 17.9 Å². The van der Waals surface area contributed by atoms with E-state index in [1.54, 1.807) is 11.1 Å². The highest BCUT2D eigenvalue weighted by Crippen LogP contribution is 2.46. The van der Waals surface area contributed by atoms with Gasteiger partial charge in [-0.25, -0.2) is 8.78 Å². The van der Waals surface area contributed by atoms with Crippen LogP contribution in [-0.4, -0.2) is 58.8 Å². The summed E-state index contributed by atoms with van der Waals surface area (Å²) in [7, 11) is 1.43. The normalized spacial score (nSPS) is 19.0. The third-order valence-electron chi connectivity index (χ3n) is 5.92. The van der Waals surface area contributed by atoms with Crippen molar-refractivity contribution in [2.24, 2.45) is 5.92 Å². The molecule has 0 unspecified atom stereocenters. The van der Waals surface area contributed by atoms with Crippen molar-refractivity contribution >= 4 is 16.8 Å². The fourth-order valence-electron chi connectivity index (χ4n) is 4.27. The molecule has 27 heavy (non-hydrogen) atoms. The zero-order valence-electron chi connectivity index (χ0n) is 15.2. The Morgan fingerprint density at radius 3 is 2.81 bits per heavy atom. The lowest BCUT2D eigenvalue weighted by Gasteiger charge is -2.38. The Hall–Kier alpha value is -2.06. The van der Waals surface area contributed by atoms with Crippen LogP contribution in [-0.2, 0) is 22.4 Å². The smallest absolute Gasteiger partial charge is 0.280 e. The van der Waals surface area contributed by atoms with E-state index in [1.165, 1.54) is 7.11 Å². The van der Waals surface area contributed by atoms with Gasteiger partial charge in [0.15, 0.2) is 0 Å². The summed E-state index contributed by atoms with van der Waals surface area (Å²) in [5, 5.41) is 18.2. The first-order valence-electron chi connectivity index (χ1n) is 9.23. The number of nitrogens with one attached hydrogen (secondary N) is 1. The predicted molar refractivity (Wildman–Crippen MR) is 94.6 cm³/mol. The highest BCUT2D eigenvalue weighted by Gasteiger charge is 2.49. The molecular weight excluding hydrogens is 356 g/mol. The summed E-state index contributed by atoms with van der Waals surface area (Å²) < 4.78 is 35.3. The average Bonchev–Trinajstić information content (AvgIpc) is 3.11. The van der Waals surface area contributed by atoms with Crippen LogP contribution < -0.4 is 0 Å². The van der Waals surface area contributed by atoms with Crippen LogP contribution in [0.5, 0.6) is 0 Å². The largest absolute Gasteiger partial charge is 0.382 e. The van der Waals surface area contributed by atoms with Gasteiger partial charge in [0, 0.05) is 37.1 Å². The maximum Gasteiger partial charge on any atom is 0.280 e. The van der Waals surface area contributed by atoms with Gasteiger partial charge in [0.1, 0.15) is 12.7 Å². The van der Waals surface area contributed by atoms with Crippen molar-refractivity contribution in [3.05, 3.63) is 29.0 Å². The van der Waals surface area contributed by atoms with E-state index in [9.17, 15) is 9.90 Å². The molecule has 2 N–H and O–H groups in total. The lowest BCUT2D eigenvalue weighted by atomic mass is 9.77. The number of halogens is 2. The van der Waals surface area contributed by atoms with E-state index >= 15 is 8.78 Å². The molecule has 146 valence electrons. The van der Waals surface area contributed by atoms with Crippen LogP contribution in [0.4, 0.5) is 8.78 Å². The van der Waals surface area contributed by atoms with E-state index in [-0.39, 0.29) is 44.0 Å². The number of aromatic amines is 1. The number of aliphatic hydroxyl groups excluding tert-OH is 1. The van der Waals surface area contributed by atoms with E-state index in [0.29, 0.717) is 11.9 Å². The molecule has 6 nitrogen and oxygen atoms in total. The van der Waals surface area contributed by atoms with Crippen LogP contribution in [0.3, 0.4) is 0 Å². The fourth-order valence-corrected chi connectivity index (χ4v) is 4.27. The van der Waals surface area contributed by atoms with Crippen LogP contribution in [0.15, 0.2) is 12.3 Å². The van der Waals surface area contributed by atoms with E-state index in [1.807, 2.05) is 6.07 Å². The number of amides is 1. The highest BCUT2D eigenvalue weighted by atomic mass is 19.3. The predicted octanol–water partition coefficient (Wildman–Crippen LogP) is 2.22. The molecule has 2 heterocycles. The van der Waals surface area contributed by atoms with Crippen LogP contribution in [0, 0.1) is 5.92 Å². The number of benzene rings is 1. The summed E-state index contributed by atoms with van der Waals surface area (Å²) >= 11 is 0. The van der Waals surface area contributed by atoms with Gasteiger partial charge in [-0.15, -0.1) is 0 Å². The molecule has 4 rings (SSSR count). The number of methoxy groups -OCH3 is 1. The maximum absolute atomic E-state index is 15.2. The van der Waals surface area contributed by atoms with Crippen molar-refractivity contribution in [1.29, 1.82) is 0 Å². The Labute approximate surface area is 155 Å². The van der Waals surface area contributed by atoms with Gasteiger partial charge in [-0.05, 0) is 42.9 Å². The number of ether oxygens (including phenoxy) is 1. The molecule has 0 saturated carbocycles. The summed E-state index contributed by atoms with van der Waals surface area (Å²) in [5.74, 6) is -4.45. The van der Waals surface area contributed by atoms with Gasteiger partial charge < -0.3 is 14.7 Å². The first-order valence-corrected chi connectivity index (χ1v) is 9.23. The number of carbonyl (C=O) groups excluding carboxylic acids is 1. The van der Waals surface area contributed by atoms with Gasteiger partial charge in [-0.1, -0.05) is 0 Å².